The van der Waals surface area contributed by atoms with Crippen LogP contribution in [0.2, 0.25) is 0 Å². The summed E-state index contributed by atoms with van der Waals surface area (Å²) in [6.45, 7) is 1.23. The molecule has 0 aromatic rings. The van der Waals surface area contributed by atoms with Crippen molar-refractivity contribution in [3.05, 3.63) is 0 Å². The Hall–Kier alpha value is -0.810. The normalized spacial score (nSPS) is 27.1. The average Bonchev–Trinajstić information content (AvgIpc) is 2.18. The van der Waals surface area contributed by atoms with Crippen molar-refractivity contribution in [2.75, 3.05) is 34.4 Å². The zero-order valence-electron chi connectivity index (χ0n) is 8.95. The van der Waals surface area contributed by atoms with Crippen LogP contribution in [0.3, 0.4) is 0 Å². The van der Waals surface area contributed by atoms with E-state index in [9.17, 15) is 4.79 Å². The Labute approximate surface area is 84.4 Å². The van der Waals surface area contributed by atoms with Crippen LogP contribution in [0.5, 0.6) is 0 Å². The number of carbonyl (C=O) groups excluding carboxylic acids is 1. The molecule has 0 unspecified atom stereocenters. The summed E-state index contributed by atoms with van der Waals surface area (Å²) in [5, 5.41) is 2.86. The van der Waals surface area contributed by atoms with E-state index in [0.29, 0.717) is 13.2 Å². The Balaban J connectivity index is 2.44. The first-order valence-electron chi connectivity index (χ1n) is 4.73. The van der Waals surface area contributed by atoms with Crippen LogP contribution in [0.15, 0.2) is 0 Å². The molecule has 1 aliphatic heterocycles. The monoisotopic (exact) mass is 202 g/mol. The molecule has 2 amide bonds. The highest BCUT2D eigenvalue weighted by atomic mass is 16.5. The Morgan fingerprint density at radius 1 is 1.57 bits per heavy atom. The zero-order valence-corrected chi connectivity index (χ0v) is 8.95. The van der Waals surface area contributed by atoms with Gasteiger partial charge >= 0.3 is 6.03 Å². The van der Waals surface area contributed by atoms with Gasteiger partial charge in [-0.1, -0.05) is 0 Å². The lowest BCUT2D eigenvalue weighted by Crippen LogP contribution is -2.52. The number of urea groups is 1. The van der Waals surface area contributed by atoms with Gasteiger partial charge in [0.2, 0.25) is 0 Å². The molecule has 0 aromatic heterocycles. The highest BCUT2D eigenvalue weighted by Gasteiger charge is 2.27. The Morgan fingerprint density at radius 2 is 2.29 bits per heavy atom. The lowest BCUT2D eigenvalue weighted by molar-refractivity contribution is -0.0342. The van der Waals surface area contributed by atoms with Crippen molar-refractivity contribution in [3.8, 4) is 0 Å². The van der Waals surface area contributed by atoms with Gasteiger partial charge in [-0.15, -0.1) is 0 Å². The van der Waals surface area contributed by atoms with E-state index in [1.54, 1.807) is 21.2 Å². The number of carbonyl (C=O) groups is 1. The van der Waals surface area contributed by atoms with Gasteiger partial charge in [0.1, 0.15) is 0 Å². The molecule has 1 N–H and O–H groups in total. The van der Waals surface area contributed by atoms with E-state index in [1.807, 2.05) is 0 Å². The van der Waals surface area contributed by atoms with E-state index >= 15 is 0 Å². The van der Waals surface area contributed by atoms with E-state index in [1.165, 1.54) is 4.90 Å². The van der Waals surface area contributed by atoms with Crippen LogP contribution in [0.1, 0.15) is 6.42 Å². The Morgan fingerprint density at radius 3 is 2.86 bits per heavy atom. The minimum Gasteiger partial charge on any atom is -0.379 e. The predicted octanol–water partition coefficient (Wildman–Crippen LogP) is 0.0615. The van der Waals surface area contributed by atoms with Gasteiger partial charge in [-0.3, -0.25) is 0 Å². The number of methoxy groups -OCH3 is 1. The first kappa shape index (κ1) is 11.3. The number of hydrogen-bond acceptors (Lipinski definition) is 3. The van der Waals surface area contributed by atoms with Crippen molar-refractivity contribution in [3.63, 3.8) is 0 Å². The molecule has 0 aliphatic carbocycles. The third-order valence-corrected chi connectivity index (χ3v) is 2.31. The van der Waals surface area contributed by atoms with Gasteiger partial charge in [0.05, 0.1) is 18.8 Å². The summed E-state index contributed by atoms with van der Waals surface area (Å²) in [6.07, 6.45) is 0.891. The van der Waals surface area contributed by atoms with Crippen LogP contribution in [-0.2, 0) is 9.47 Å². The van der Waals surface area contributed by atoms with Crippen molar-refractivity contribution >= 4 is 6.03 Å². The van der Waals surface area contributed by atoms with E-state index in [4.69, 9.17) is 9.47 Å². The largest absolute Gasteiger partial charge is 0.379 e. The smallest absolute Gasteiger partial charge is 0.317 e. The fraction of sp³-hybridized carbons (Fsp3) is 0.889. The van der Waals surface area contributed by atoms with Crippen LogP contribution in [-0.4, -0.2) is 57.5 Å². The van der Waals surface area contributed by atoms with Gasteiger partial charge in [0, 0.05) is 27.8 Å². The van der Waals surface area contributed by atoms with Gasteiger partial charge in [-0.25, -0.2) is 4.79 Å². The second-order valence-electron chi connectivity index (χ2n) is 3.59. The topological polar surface area (TPSA) is 50.8 Å². The fourth-order valence-electron chi connectivity index (χ4n) is 1.42. The van der Waals surface area contributed by atoms with Crippen LogP contribution >= 0.6 is 0 Å². The zero-order chi connectivity index (χ0) is 10.6. The highest BCUT2D eigenvalue weighted by Crippen LogP contribution is 2.10. The van der Waals surface area contributed by atoms with Crippen LogP contribution in [0.25, 0.3) is 0 Å². The first-order chi connectivity index (χ1) is 6.65. The maximum absolute atomic E-state index is 11.4. The highest BCUT2D eigenvalue weighted by molar-refractivity contribution is 5.73. The third-order valence-electron chi connectivity index (χ3n) is 2.31. The summed E-state index contributed by atoms with van der Waals surface area (Å²) in [5.41, 5.74) is 0. The number of ether oxygens (including phenoxy) is 2. The van der Waals surface area contributed by atoms with E-state index in [2.05, 4.69) is 5.32 Å². The lowest BCUT2D eigenvalue weighted by atomic mass is 10.1. The molecule has 82 valence electrons. The molecule has 0 bridgehead atoms. The van der Waals surface area contributed by atoms with Crippen molar-refractivity contribution in [2.24, 2.45) is 0 Å². The summed E-state index contributed by atoms with van der Waals surface area (Å²) >= 11 is 0. The molecule has 0 spiro atoms. The summed E-state index contributed by atoms with van der Waals surface area (Å²) in [5.74, 6) is 0. The van der Waals surface area contributed by atoms with Crippen molar-refractivity contribution in [1.29, 1.82) is 0 Å². The molecule has 0 saturated carbocycles. The number of nitrogens with one attached hydrogen (secondary N) is 1. The molecule has 0 aromatic carbocycles. The number of amides is 2. The SMILES string of the molecule is CO[C@H]1CCOC[C@@H]1NC(=O)N(C)C. The molecule has 1 fully saturated rings. The van der Waals surface area contributed by atoms with Crippen molar-refractivity contribution < 1.29 is 14.3 Å². The van der Waals surface area contributed by atoms with E-state index in [0.717, 1.165) is 6.42 Å². The van der Waals surface area contributed by atoms with Gasteiger partial charge in [0.25, 0.3) is 0 Å². The molecule has 1 aliphatic rings. The molecule has 5 nitrogen and oxygen atoms in total. The Kier molecular flexibility index (Phi) is 4.16. The number of rotatable bonds is 2. The molecule has 14 heavy (non-hydrogen) atoms. The second kappa shape index (κ2) is 5.17. The quantitative estimate of drug-likeness (QED) is 0.689. The maximum Gasteiger partial charge on any atom is 0.317 e. The molecule has 2 atom stereocenters. The van der Waals surface area contributed by atoms with E-state index in [-0.39, 0.29) is 18.2 Å². The summed E-state index contributed by atoms with van der Waals surface area (Å²) in [7, 11) is 5.08. The van der Waals surface area contributed by atoms with Crippen molar-refractivity contribution in [2.45, 2.75) is 18.6 Å². The first-order valence-corrected chi connectivity index (χ1v) is 4.73. The van der Waals surface area contributed by atoms with Gasteiger partial charge in [-0.2, -0.15) is 0 Å². The molecular weight excluding hydrogens is 184 g/mol. The minimum absolute atomic E-state index is 0.0383. The standard InChI is InChI=1S/C9H18N2O3/c1-11(2)9(12)10-7-6-14-5-4-8(7)13-3/h7-8H,4-6H2,1-3H3,(H,10,12)/t7-,8-/m0/s1. The maximum atomic E-state index is 11.4. The number of nitrogens with zero attached hydrogens (tertiary/aromatic N) is 1. The number of hydrogen-bond donors (Lipinski definition) is 1. The lowest BCUT2D eigenvalue weighted by Gasteiger charge is -2.31. The molecule has 1 rings (SSSR count). The van der Waals surface area contributed by atoms with Gasteiger partial charge in [-0.05, 0) is 6.42 Å². The van der Waals surface area contributed by atoms with Crippen LogP contribution in [0.4, 0.5) is 4.79 Å². The molecule has 5 heteroatoms. The summed E-state index contributed by atoms with van der Waals surface area (Å²) < 4.78 is 10.6. The molecular formula is C9H18N2O3. The minimum atomic E-state index is -0.109. The van der Waals surface area contributed by atoms with Gasteiger partial charge in [0.15, 0.2) is 0 Å². The summed E-state index contributed by atoms with van der Waals surface area (Å²) in [4.78, 5) is 12.9. The third kappa shape index (κ3) is 2.85. The van der Waals surface area contributed by atoms with Crippen LogP contribution in [0, 0.1) is 0 Å². The van der Waals surface area contributed by atoms with E-state index < -0.39 is 0 Å². The fourth-order valence-corrected chi connectivity index (χ4v) is 1.42. The predicted molar refractivity (Wildman–Crippen MR) is 52.2 cm³/mol. The molecule has 1 saturated heterocycles. The van der Waals surface area contributed by atoms with Crippen molar-refractivity contribution in [1.82, 2.24) is 10.2 Å². The second-order valence-corrected chi connectivity index (χ2v) is 3.59. The Bertz CT molecular complexity index is 196. The van der Waals surface area contributed by atoms with Crippen LogP contribution < -0.4 is 5.32 Å². The molecule has 0 radical (unpaired) electrons. The summed E-state index contributed by atoms with van der Waals surface area (Å²) in [6, 6.07) is -0.147. The average molecular weight is 202 g/mol. The van der Waals surface area contributed by atoms with Gasteiger partial charge < -0.3 is 19.7 Å². The molecule has 1 heterocycles.